The van der Waals surface area contributed by atoms with Crippen LogP contribution in [0.4, 0.5) is 18.9 Å². The molecule has 0 fully saturated rings. The van der Waals surface area contributed by atoms with Crippen molar-refractivity contribution < 1.29 is 31.1 Å². The molecule has 0 saturated carbocycles. The van der Waals surface area contributed by atoms with Gasteiger partial charge < -0.3 is 10.5 Å². The van der Waals surface area contributed by atoms with Gasteiger partial charge in [-0.1, -0.05) is 17.7 Å². The predicted octanol–water partition coefficient (Wildman–Crippen LogP) is 4.45. The molecule has 0 atom stereocenters. The third kappa shape index (κ3) is 5.44. The molecule has 3 N–H and O–H groups in total. The van der Waals surface area contributed by atoms with Crippen molar-refractivity contribution in [3.63, 3.8) is 0 Å². The molecule has 1 heterocycles. The number of nitrogens with two attached hydrogens (primary N) is 1. The molecule has 0 saturated heterocycles. The fourth-order valence-corrected chi connectivity index (χ4v) is 3.73. The van der Waals surface area contributed by atoms with Crippen molar-refractivity contribution in [2.24, 2.45) is 5.73 Å². The van der Waals surface area contributed by atoms with Gasteiger partial charge in [0.15, 0.2) is 0 Å². The van der Waals surface area contributed by atoms with Gasteiger partial charge in [-0.05, 0) is 42.5 Å². The van der Waals surface area contributed by atoms with Crippen molar-refractivity contribution in [1.82, 2.24) is 4.98 Å². The smallest absolute Gasteiger partial charge is 0.417 e. The van der Waals surface area contributed by atoms with E-state index in [1.807, 2.05) is 0 Å². The molecule has 7 nitrogen and oxygen atoms in total. The van der Waals surface area contributed by atoms with E-state index in [1.54, 1.807) is 12.1 Å². The quantitative estimate of drug-likeness (QED) is 0.552. The number of halogens is 4. The first-order valence-corrected chi connectivity index (χ1v) is 10.3. The Bertz CT molecular complexity index is 1230. The monoisotopic (exact) mass is 471 g/mol. The molecule has 0 unspecified atom stereocenters. The molecule has 0 bridgehead atoms. The van der Waals surface area contributed by atoms with Crippen molar-refractivity contribution >= 4 is 33.2 Å². The zero-order valence-electron chi connectivity index (χ0n) is 15.4. The summed E-state index contributed by atoms with van der Waals surface area (Å²) >= 11 is 5.52. The molecule has 31 heavy (non-hydrogen) atoms. The molecule has 2 aromatic carbocycles. The second-order valence-electron chi connectivity index (χ2n) is 6.12. The van der Waals surface area contributed by atoms with Crippen LogP contribution < -0.4 is 15.2 Å². The Morgan fingerprint density at radius 1 is 1.10 bits per heavy atom. The van der Waals surface area contributed by atoms with E-state index in [0.717, 1.165) is 18.3 Å². The number of carbonyl (C=O) groups is 1. The number of amides is 1. The summed E-state index contributed by atoms with van der Waals surface area (Å²) in [6.07, 6.45) is -3.69. The number of sulfonamides is 1. The summed E-state index contributed by atoms with van der Waals surface area (Å²) in [7, 11) is -4.34. The molecule has 12 heteroatoms. The molecule has 0 aliphatic heterocycles. The van der Waals surface area contributed by atoms with E-state index in [-0.39, 0.29) is 22.9 Å². The number of pyridine rings is 1. The minimum Gasteiger partial charge on any atom is -0.439 e. The average molecular weight is 472 g/mol. The standard InChI is InChI=1S/C19H13ClF3N3O4S/c20-16-6-5-14(9-15(16)19(21,22)23)31(28,29)26-12-4-7-17(25-10-12)30-13-3-1-2-11(8-13)18(24)27/h1-10,26H,(H2,24,27). The number of nitrogens with one attached hydrogen (secondary N) is 1. The van der Waals surface area contributed by atoms with E-state index in [9.17, 15) is 26.4 Å². The Labute approximate surface area is 179 Å². The number of ether oxygens (including phenoxy) is 1. The number of anilines is 1. The van der Waals surface area contributed by atoms with Gasteiger partial charge in [0.05, 0.1) is 27.4 Å². The van der Waals surface area contributed by atoms with Crippen LogP contribution in [0.5, 0.6) is 11.6 Å². The van der Waals surface area contributed by atoms with Crippen molar-refractivity contribution in [2.75, 3.05) is 4.72 Å². The molecule has 3 aromatic rings. The van der Waals surface area contributed by atoms with Crippen molar-refractivity contribution in [3.05, 3.63) is 76.9 Å². The van der Waals surface area contributed by atoms with Crippen molar-refractivity contribution in [3.8, 4) is 11.6 Å². The van der Waals surface area contributed by atoms with Gasteiger partial charge in [0.25, 0.3) is 10.0 Å². The minimum atomic E-state index is -4.81. The van der Waals surface area contributed by atoms with Crippen LogP contribution in [0.25, 0.3) is 0 Å². The zero-order chi connectivity index (χ0) is 22.8. The number of rotatable bonds is 6. The highest BCUT2D eigenvalue weighted by Crippen LogP contribution is 2.36. The van der Waals surface area contributed by atoms with Crippen LogP contribution in [-0.2, 0) is 16.2 Å². The van der Waals surface area contributed by atoms with Crippen LogP contribution in [0.15, 0.2) is 65.7 Å². The third-order valence-electron chi connectivity index (χ3n) is 3.88. The lowest BCUT2D eigenvalue weighted by molar-refractivity contribution is -0.137. The Balaban J connectivity index is 1.78. The summed E-state index contributed by atoms with van der Waals surface area (Å²) in [6, 6.07) is 10.9. The fourth-order valence-electron chi connectivity index (χ4n) is 2.44. The van der Waals surface area contributed by atoms with Crippen LogP contribution in [0, 0.1) is 0 Å². The number of hydrogen-bond acceptors (Lipinski definition) is 5. The number of aromatic nitrogens is 1. The van der Waals surface area contributed by atoms with Gasteiger partial charge in [-0.3, -0.25) is 9.52 Å². The maximum atomic E-state index is 13.0. The van der Waals surface area contributed by atoms with E-state index in [0.29, 0.717) is 6.07 Å². The predicted molar refractivity (Wildman–Crippen MR) is 107 cm³/mol. The van der Waals surface area contributed by atoms with Crippen LogP contribution in [0.3, 0.4) is 0 Å². The van der Waals surface area contributed by atoms with E-state index in [2.05, 4.69) is 9.71 Å². The first kappa shape index (κ1) is 22.4. The van der Waals surface area contributed by atoms with E-state index in [4.69, 9.17) is 22.1 Å². The molecule has 0 radical (unpaired) electrons. The average Bonchev–Trinajstić information content (AvgIpc) is 2.69. The van der Waals surface area contributed by atoms with Crippen LogP contribution in [0.1, 0.15) is 15.9 Å². The third-order valence-corrected chi connectivity index (χ3v) is 5.59. The van der Waals surface area contributed by atoms with Crippen molar-refractivity contribution in [2.45, 2.75) is 11.1 Å². The largest absolute Gasteiger partial charge is 0.439 e. The van der Waals surface area contributed by atoms with Gasteiger partial charge in [-0.15, -0.1) is 0 Å². The van der Waals surface area contributed by atoms with Gasteiger partial charge in [-0.2, -0.15) is 13.2 Å². The molecule has 1 aromatic heterocycles. The van der Waals surface area contributed by atoms with E-state index in [1.165, 1.54) is 24.3 Å². The fraction of sp³-hybridized carbons (Fsp3) is 0.0526. The summed E-state index contributed by atoms with van der Waals surface area (Å²) < 4.78 is 71.5. The molecule has 0 aliphatic rings. The number of carbonyl (C=O) groups excluding carboxylic acids is 1. The number of benzene rings is 2. The molecular weight excluding hydrogens is 459 g/mol. The molecular formula is C19H13ClF3N3O4S. The van der Waals surface area contributed by atoms with Gasteiger partial charge in [-0.25, -0.2) is 13.4 Å². The summed E-state index contributed by atoms with van der Waals surface area (Å²) in [5.41, 5.74) is 4.15. The highest BCUT2D eigenvalue weighted by Gasteiger charge is 2.34. The SMILES string of the molecule is NC(=O)c1cccc(Oc2ccc(NS(=O)(=O)c3ccc(Cl)c(C(F)(F)F)c3)cn2)c1. The minimum absolute atomic E-state index is 0.0123. The summed E-state index contributed by atoms with van der Waals surface area (Å²) in [6.45, 7) is 0. The first-order valence-electron chi connectivity index (χ1n) is 8.39. The normalized spacial score (nSPS) is 11.7. The van der Waals surface area contributed by atoms with Gasteiger partial charge in [0.1, 0.15) is 5.75 Å². The number of hydrogen-bond donors (Lipinski definition) is 2. The Kier molecular flexibility index (Phi) is 6.09. The summed E-state index contributed by atoms with van der Waals surface area (Å²) in [5, 5.41) is -0.616. The Hall–Kier alpha value is -3.31. The van der Waals surface area contributed by atoms with Crippen molar-refractivity contribution in [1.29, 1.82) is 0 Å². The maximum absolute atomic E-state index is 13.0. The molecule has 0 aliphatic carbocycles. The lowest BCUT2D eigenvalue weighted by Gasteiger charge is -2.12. The van der Waals surface area contributed by atoms with Gasteiger partial charge in [0.2, 0.25) is 11.8 Å². The van der Waals surface area contributed by atoms with Crippen LogP contribution in [-0.4, -0.2) is 19.3 Å². The lowest BCUT2D eigenvalue weighted by atomic mass is 10.2. The van der Waals surface area contributed by atoms with Crippen LogP contribution in [0.2, 0.25) is 5.02 Å². The summed E-state index contributed by atoms with van der Waals surface area (Å²) in [4.78, 5) is 14.5. The zero-order valence-corrected chi connectivity index (χ0v) is 16.9. The topological polar surface area (TPSA) is 111 Å². The lowest BCUT2D eigenvalue weighted by Crippen LogP contribution is -2.15. The summed E-state index contributed by atoms with van der Waals surface area (Å²) in [5.74, 6) is -0.285. The van der Waals surface area contributed by atoms with Gasteiger partial charge in [0, 0.05) is 11.6 Å². The molecule has 0 spiro atoms. The molecule has 3 rings (SSSR count). The Morgan fingerprint density at radius 2 is 1.84 bits per heavy atom. The van der Waals surface area contributed by atoms with Gasteiger partial charge >= 0.3 is 6.18 Å². The van der Waals surface area contributed by atoms with Crippen LogP contribution >= 0.6 is 11.6 Å². The Morgan fingerprint density at radius 3 is 2.45 bits per heavy atom. The highest BCUT2D eigenvalue weighted by molar-refractivity contribution is 7.92. The second kappa shape index (κ2) is 8.44. The molecule has 162 valence electrons. The molecule has 1 amide bonds. The van der Waals surface area contributed by atoms with E-state index >= 15 is 0 Å². The highest BCUT2D eigenvalue weighted by atomic mass is 35.5. The maximum Gasteiger partial charge on any atom is 0.417 e. The number of alkyl halides is 3. The van der Waals surface area contributed by atoms with E-state index < -0.39 is 37.6 Å². The first-order chi connectivity index (χ1) is 14.5. The number of nitrogens with zero attached hydrogens (tertiary/aromatic N) is 1. The number of primary amides is 1. The second-order valence-corrected chi connectivity index (χ2v) is 8.21.